The molecule has 0 aromatic heterocycles. The third kappa shape index (κ3) is 1.83. The number of carbonyl (C=O) groups excluding carboxylic acids is 1. The molecule has 1 aromatic carbocycles. The van der Waals surface area contributed by atoms with Crippen LogP contribution < -0.4 is 5.11 Å². The molecule has 3 heteroatoms. The highest BCUT2D eigenvalue weighted by Crippen LogP contribution is 2.09. The molecule has 0 radical (unpaired) electrons. The molecule has 1 aromatic rings. The topological polar surface area (TPSA) is 49.4 Å². The number of ether oxygens (including phenoxy) is 1. The first-order valence-electron chi connectivity index (χ1n) is 3.54. The smallest absolute Gasteiger partial charge is 0.296 e. The summed E-state index contributed by atoms with van der Waals surface area (Å²) in [6.45, 7) is 0. The minimum Gasteiger partial charge on any atom is -0.840 e. The van der Waals surface area contributed by atoms with Crippen LogP contribution in [0.1, 0.15) is 11.7 Å². The molecule has 0 spiro atoms. The predicted molar refractivity (Wildman–Crippen MR) is 41.2 cm³/mol. The molecule has 0 aliphatic carbocycles. The van der Waals surface area contributed by atoms with Gasteiger partial charge in [-0.1, -0.05) is 35.9 Å². The quantitative estimate of drug-likeness (QED) is 0.590. The SMILES string of the molecule is COC(=O)C([O-])c1ccccc1. The van der Waals surface area contributed by atoms with Gasteiger partial charge in [-0.2, -0.15) is 0 Å². The Kier molecular flexibility index (Phi) is 2.82. The lowest BCUT2D eigenvalue weighted by atomic mass is 10.1. The van der Waals surface area contributed by atoms with Gasteiger partial charge in [-0.15, -0.1) is 0 Å². The number of methoxy groups -OCH3 is 1. The van der Waals surface area contributed by atoms with E-state index in [9.17, 15) is 9.90 Å². The van der Waals surface area contributed by atoms with Crippen LogP contribution in [0.2, 0.25) is 0 Å². The molecule has 64 valence electrons. The Bertz CT molecular complexity index is 256. The van der Waals surface area contributed by atoms with Crippen LogP contribution in [0.5, 0.6) is 0 Å². The number of hydrogen-bond donors (Lipinski definition) is 0. The number of rotatable bonds is 2. The van der Waals surface area contributed by atoms with Gasteiger partial charge in [-0.05, 0) is 0 Å². The molecular formula is C9H9O3-. The van der Waals surface area contributed by atoms with Crippen molar-refractivity contribution in [3.63, 3.8) is 0 Å². The van der Waals surface area contributed by atoms with Crippen molar-refractivity contribution >= 4 is 5.97 Å². The van der Waals surface area contributed by atoms with Crippen molar-refractivity contribution in [2.45, 2.75) is 6.10 Å². The van der Waals surface area contributed by atoms with Gasteiger partial charge >= 0.3 is 0 Å². The van der Waals surface area contributed by atoms with Crippen LogP contribution in [-0.2, 0) is 9.53 Å². The van der Waals surface area contributed by atoms with Crippen molar-refractivity contribution in [3.05, 3.63) is 35.9 Å². The Balaban J connectivity index is 2.78. The highest BCUT2D eigenvalue weighted by molar-refractivity contribution is 5.75. The summed E-state index contributed by atoms with van der Waals surface area (Å²) in [5, 5.41) is 11.2. The summed E-state index contributed by atoms with van der Waals surface area (Å²) in [6.07, 6.45) is -1.42. The molecule has 0 bridgehead atoms. The molecular weight excluding hydrogens is 156 g/mol. The molecule has 0 saturated carbocycles. The summed E-state index contributed by atoms with van der Waals surface area (Å²) >= 11 is 0. The van der Waals surface area contributed by atoms with Crippen LogP contribution in [-0.4, -0.2) is 13.1 Å². The van der Waals surface area contributed by atoms with Gasteiger partial charge in [0.2, 0.25) is 0 Å². The maximum Gasteiger partial charge on any atom is 0.296 e. The second-order valence-electron chi connectivity index (χ2n) is 2.31. The van der Waals surface area contributed by atoms with Crippen molar-refractivity contribution in [3.8, 4) is 0 Å². The molecule has 0 aliphatic rings. The van der Waals surface area contributed by atoms with Crippen LogP contribution in [0, 0.1) is 0 Å². The van der Waals surface area contributed by atoms with Crippen molar-refractivity contribution in [2.24, 2.45) is 0 Å². The first-order chi connectivity index (χ1) is 5.75. The standard InChI is InChI=1S/C9H9O3/c1-12-9(11)8(10)7-5-3-2-4-6-7/h2-6,8H,1H3/q-1. The van der Waals surface area contributed by atoms with Gasteiger partial charge in [0, 0.05) is 6.10 Å². The van der Waals surface area contributed by atoms with Gasteiger partial charge < -0.3 is 9.84 Å². The highest BCUT2D eigenvalue weighted by Gasteiger charge is 2.06. The average molecular weight is 165 g/mol. The van der Waals surface area contributed by atoms with Gasteiger partial charge in [0.05, 0.1) is 7.11 Å². The molecule has 1 rings (SSSR count). The van der Waals surface area contributed by atoms with Gasteiger partial charge in [0.25, 0.3) is 5.97 Å². The lowest BCUT2D eigenvalue weighted by molar-refractivity contribution is -0.414. The summed E-state index contributed by atoms with van der Waals surface area (Å²) in [4.78, 5) is 10.8. The Hall–Kier alpha value is -1.35. The normalized spacial score (nSPS) is 12.2. The Morgan fingerprint density at radius 2 is 2.00 bits per heavy atom. The van der Waals surface area contributed by atoms with Crippen molar-refractivity contribution < 1.29 is 14.6 Å². The molecule has 0 heterocycles. The minimum absolute atomic E-state index is 0.435. The van der Waals surface area contributed by atoms with Crippen LogP contribution in [0.15, 0.2) is 30.3 Å². The molecule has 12 heavy (non-hydrogen) atoms. The lowest BCUT2D eigenvalue weighted by Crippen LogP contribution is -2.26. The molecule has 0 N–H and O–H groups in total. The van der Waals surface area contributed by atoms with Crippen molar-refractivity contribution in [2.75, 3.05) is 7.11 Å². The molecule has 0 fully saturated rings. The maximum atomic E-state index is 11.2. The largest absolute Gasteiger partial charge is 0.840 e. The number of hydrogen-bond acceptors (Lipinski definition) is 3. The van der Waals surface area contributed by atoms with E-state index in [1.165, 1.54) is 7.11 Å². The van der Waals surface area contributed by atoms with Crippen LogP contribution >= 0.6 is 0 Å². The molecule has 0 amide bonds. The average Bonchev–Trinajstić information content (AvgIpc) is 2.17. The van der Waals surface area contributed by atoms with Gasteiger partial charge in [-0.3, -0.25) is 4.79 Å². The van der Waals surface area contributed by atoms with Crippen molar-refractivity contribution in [1.82, 2.24) is 0 Å². The molecule has 0 saturated heterocycles. The Labute approximate surface area is 70.6 Å². The zero-order valence-electron chi connectivity index (χ0n) is 6.69. The highest BCUT2D eigenvalue weighted by atomic mass is 16.5. The zero-order chi connectivity index (χ0) is 8.97. The van der Waals surface area contributed by atoms with E-state index < -0.39 is 12.1 Å². The van der Waals surface area contributed by atoms with Gasteiger partial charge in [0.1, 0.15) is 0 Å². The first-order valence-corrected chi connectivity index (χ1v) is 3.54. The van der Waals surface area contributed by atoms with E-state index in [0.29, 0.717) is 5.56 Å². The monoisotopic (exact) mass is 165 g/mol. The number of carbonyl (C=O) groups is 1. The Morgan fingerprint density at radius 1 is 1.42 bits per heavy atom. The Morgan fingerprint density at radius 3 is 2.50 bits per heavy atom. The number of esters is 1. The van der Waals surface area contributed by atoms with E-state index in [-0.39, 0.29) is 0 Å². The fourth-order valence-electron chi connectivity index (χ4n) is 0.871. The van der Waals surface area contributed by atoms with Crippen LogP contribution in [0.3, 0.4) is 0 Å². The van der Waals surface area contributed by atoms with E-state index in [2.05, 4.69) is 4.74 Å². The lowest BCUT2D eigenvalue weighted by Gasteiger charge is -2.18. The summed E-state index contributed by atoms with van der Waals surface area (Å²) in [6, 6.07) is 8.42. The van der Waals surface area contributed by atoms with E-state index in [1.54, 1.807) is 30.3 Å². The van der Waals surface area contributed by atoms with Crippen LogP contribution in [0.4, 0.5) is 0 Å². The summed E-state index contributed by atoms with van der Waals surface area (Å²) < 4.78 is 4.31. The van der Waals surface area contributed by atoms with Gasteiger partial charge in [0.15, 0.2) is 0 Å². The number of benzene rings is 1. The third-order valence-corrected chi connectivity index (χ3v) is 1.52. The molecule has 1 atom stereocenters. The van der Waals surface area contributed by atoms with E-state index in [0.717, 1.165) is 0 Å². The fraction of sp³-hybridized carbons (Fsp3) is 0.222. The predicted octanol–water partition coefficient (Wildman–Crippen LogP) is 0.261. The first kappa shape index (κ1) is 8.74. The van der Waals surface area contributed by atoms with E-state index in [1.807, 2.05) is 0 Å². The fourth-order valence-corrected chi connectivity index (χ4v) is 0.871. The zero-order valence-corrected chi connectivity index (χ0v) is 6.69. The maximum absolute atomic E-state index is 11.2. The second-order valence-corrected chi connectivity index (χ2v) is 2.31. The van der Waals surface area contributed by atoms with E-state index in [4.69, 9.17) is 0 Å². The van der Waals surface area contributed by atoms with Gasteiger partial charge in [-0.25, -0.2) is 0 Å². The second kappa shape index (κ2) is 3.88. The molecule has 0 aliphatic heterocycles. The summed E-state index contributed by atoms with van der Waals surface area (Å²) in [7, 11) is 1.20. The summed E-state index contributed by atoms with van der Waals surface area (Å²) in [5.41, 5.74) is 0.435. The van der Waals surface area contributed by atoms with Crippen LogP contribution in [0.25, 0.3) is 0 Å². The molecule has 3 nitrogen and oxygen atoms in total. The molecule has 1 unspecified atom stereocenters. The van der Waals surface area contributed by atoms with Crippen molar-refractivity contribution in [1.29, 1.82) is 0 Å². The van der Waals surface area contributed by atoms with E-state index >= 15 is 0 Å². The summed E-state index contributed by atoms with van der Waals surface area (Å²) in [5.74, 6) is -0.749. The minimum atomic E-state index is -1.42. The third-order valence-electron chi connectivity index (χ3n) is 1.52.